The largest absolute Gasteiger partial charge is 0.497 e. The van der Waals surface area contributed by atoms with Gasteiger partial charge in [0.2, 0.25) is 0 Å². The molecular weight excluding hydrogens is 344 g/mol. The monoisotopic (exact) mass is 368 g/mol. The number of ether oxygens (including phenoxy) is 1. The van der Waals surface area contributed by atoms with Crippen LogP contribution in [-0.2, 0) is 25.1 Å². The number of nitrogens with two attached hydrogens (primary N) is 1. The molecule has 1 aromatic heterocycles. The maximum atomic E-state index is 5.74. The van der Waals surface area contributed by atoms with Gasteiger partial charge in [0.15, 0.2) is 5.16 Å². The molecule has 0 saturated heterocycles. The summed E-state index contributed by atoms with van der Waals surface area (Å²) in [6.45, 7) is 1.43. The van der Waals surface area contributed by atoms with Gasteiger partial charge in [0.25, 0.3) is 0 Å². The average Bonchev–Trinajstić information content (AvgIpc) is 3.07. The lowest BCUT2D eigenvalue weighted by atomic mass is 10.1. The lowest BCUT2D eigenvalue weighted by Gasteiger charge is -2.10. The Hall–Kier alpha value is -2.31. The maximum Gasteiger partial charge on any atom is 0.191 e. The molecule has 0 amide bonds. The molecule has 0 atom stereocenters. The number of methoxy groups -OCH3 is 1. The lowest BCUT2D eigenvalue weighted by molar-refractivity contribution is 0.414. The second-order valence-electron chi connectivity index (χ2n) is 5.96. The van der Waals surface area contributed by atoms with E-state index in [0.29, 0.717) is 6.54 Å². The molecule has 1 heterocycles. The molecule has 2 N–H and O–H groups in total. The molecule has 3 rings (SSSR count). The molecule has 3 aromatic rings. The van der Waals surface area contributed by atoms with Gasteiger partial charge in [-0.3, -0.25) is 0 Å². The highest BCUT2D eigenvalue weighted by molar-refractivity contribution is 7.98. The molecule has 0 aliphatic carbocycles. The lowest BCUT2D eigenvalue weighted by Crippen LogP contribution is -2.12. The first kappa shape index (κ1) is 18.5. The van der Waals surface area contributed by atoms with Gasteiger partial charge in [-0.05, 0) is 36.2 Å². The van der Waals surface area contributed by atoms with E-state index in [4.69, 9.17) is 10.5 Å². The number of hydrogen-bond donors (Lipinski definition) is 1. The van der Waals surface area contributed by atoms with Gasteiger partial charge >= 0.3 is 0 Å². The van der Waals surface area contributed by atoms with Crippen LogP contribution in [0.3, 0.4) is 0 Å². The highest BCUT2D eigenvalue weighted by Crippen LogP contribution is 2.24. The summed E-state index contributed by atoms with van der Waals surface area (Å²) >= 11 is 1.69. The summed E-state index contributed by atoms with van der Waals surface area (Å²) in [5.74, 6) is 2.65. The van der Waals surface area contributed by atoms with E-state index in [1.165, 1.54) is 11.1 Å². The van der Waals surface area contributed by atoms with E-state index >= 15 is 0 Å². The van der Waals surface area contributed by atoms with Crippen molar-refractivity contribution in [3.63, 3.8) is 0 Å². The summed E-state index contributed by atoms with van der Waals surface area (Å²) in [5.41, 5.74) is 8.25. The van der Waals surface area contributed by atoms with Gasteiger partial charge in [0, 0.05) is 18.7 Å². The fraction of sp³-hybridized carbons (Fsp3) is 0.300. The van der Waals surface area contributed by atoms with Crippen molar-refractivity contribution in [2.24, 2.45) is 5.73 Å². The maximum absolute atomic E-state index is 5.74. The fourth-order valence-electron chi connectivity index (χ4n) is 2.76. The Bertz CT molecular complexity index is 820. The van der Waals surface area contributed by atoms with Gasteiger partial charge in [0.1, 0.15) is 11.6 Å². The van der Waals surface area contributed by atoms with E-state index < -0.39 is 0 Å². The van der Waals surface area contributed by atoms with E-state index in [2.05, 4.69) is 51.2 Å². The molecule has 0 spiro atoms. The number of rotatable bonds is 9. The molecule has 136 valence electrons. The SMILES string of the molecule is COc1cccc(CSc2nnc(CCN)n2CCc2ccccc2)c1. The normalized spacial score (nSPS) is 10.8. The van der Waals surface area contributed by atoms with Gasteiger partial charge in [-0.25, -0.2) is 0 Å². The minimum absolute atomic E-state index is 0.573. The van der Waals surface area contributed by atoms with Crippen LogP contribution < -0.4 is 10.5 Å². The zero-order chi connectivity index (χ0) is 18.2. The predicted molar refractivity (Wildman–Crippen MR) is 105 cm³/mol. The standard InChI is InChI=1S/C20H24N4OS/c1-25-18-9-5-8-17(14-18)15-26-20-23-22-19(10-12-21)24(20)13-11-16-6-3-2-4-7-16/h2-9,14H,10-13,15,21H2,1H3. The first-order chi connectivity index (χ1) is 12.8. The molecule has 0 aliphatic heterocycles. The number of nitrogens with zero attached hydrogens (tertiary/aromatic N) is 3. The van der Waals surface area contributed by atoms with Crippen LogP contribution in [0.5, 0.6) is 5.75 Å². The van der Waals surface area contributed by atoms with E-state index in [-0.39, 0.29) is 0 Å². The molecular formula is C20H24N4OS. The molecule has 0 saturated carbocycles. The summed E-state index contributed by atoms with van der Waals surface area (Å²) in [5, 5.41) is 9.68. The second-order valence-corrected chi connectivity index (χ2v) is 6.91. The van der Waals surface area contributed by atoms with Gasteiger partial charge in [-0.1, -0.05) is 54.2 Å². The molecule has 0 fully saturated rings. The minimum Gasteiger partial charge on any atom is -0.497 e. The Kier molecular flexibility index (Phi) is 6.68. The molecule has 0 radical (unpaired) electrons. The number of thioether (sulfide) groups is 1. The van der Waals surface area contributed by atoms with Crippen molar-refractivity contribution in [2.75, 3.05) is 13.7 Å². The number of aromatic nitrogens is 3. The molecule has 2 aromatic carbocycles. The van der Waals surface area contributed by atoms with Crippen LogP contribution in [0.4, 0.5) is 0 Å². The third-order valence-corrected chi connectivity index (χ3v) is 5.17. The van der Waals surface area contributed by atoms with Crippen LogP contribution in [0.2, 0.25) is 0 Å². The van der Waals surface area contributed by atoms with Crippen molar-refractivity contribution < 1.29 is 4.74 Å². The third-order valence-electron chi connectivity index (χ3n) is 4.13. The van der Waals surface area contributed by atoms with Crippen LogP contribution in [-0.4, -0.2) is 28.4 Å². The topological polar surface area (TPSA) is 66.0 Å². The minimum atomic E-state index is 0.573. The third kappa shape index (κ3) is 4.86. The van der Waals surface area contributed by atoms with Gasteiger partial charge in [-0.2, -0.15) is 0 Å². The summed E-state index contributed by atoms with van der Waals surface area (Å²) in [4.78, 5) is 0. The predicted octanol–water partition coefficient (Wildman–Crippen LogP) is 3.32. The van der Waals surface area contributed by atoms with E-state index in [0.717, 1.165) is 41.9 Å². The van der Waals surface area contributed by atoms with Gasteiger partial charge in [-0.15, -0.1) is 10.2 Å². The number of benzene rings is 2. The van der Waals surface area contributed by atoms with Crippen molar-refractivity contribution in [3.8, 4) is 5.75 Å². The van der Waals surface area contributed by atoms with Crippen LogP contribution >= 0.6 is 11.8 Å². The van der Waals surface area contributed by atoms with E-state index in [1.54, 1.807) is 18.9 Å². The van der Waals surface area contributed by atoms with Crippen molar-refractivity contribution in [1.82, 2.24) is 14.8 Å². The van der Waals surface area contributed by atoms with Gasteiger partial charge in [0.05, 0.1) is 7.11 Å². The first-order valence-electron chi connectivity index (χ1n) is 8.72. The molecule has 0 bridgehead atoms. The average molecular weight is 369 g/mol. The Morgan fingerprint density at radius 3 is 2.58 bits per heavy atom. The van der Waals surface area contributed by atoms with Crippen LogP contribution in [0.25, 0.3) is 0 Å². The second kappa shape index (κ2) is 9.40. The van der Waals surface area contributed by atoms with Crippen LogP contribution in [0.15, 0.2) is 59.8 Å². The van der Waals surface area contributed by atoms with Crippen molar-refractivity contribution >= 4 is 11.8 Å². The summed E-state index contributed by atoms with van der Waals surface area (Å²) in [7, 11) is 1.69. The quantitative estimate of drug-likeness (QED) is 0.587. The number of aryl methyl sites for hydroxylation is 1. The summed E-state index contributed by atoms with van der Waals surface area (Å²) < 4.78 is 7.50. The molecule has 0 aliphatic rings. The van der Waals surface area contributed by atoms with E-state index in [1.807, 2.05) is 18.2 Å². The van der Waals surface area contributed by atoms with Crippen LogP contribution in [0, 0.1) is 0 Å². The fourth-order valence-corrected chi connectivity index (χ4v) is 3.69. The zero-order valence-electron chi connectivity index (χ0n) is 15.0. The van der Waals surface area contributed by atoms with Crippen molar-refractivity contribution in [1.29, 1.82) is 0 Å². The Morgan fingerprint density at radius 1 is 1.00 bits per heavy atom. The first-order valence-corrected chi connectivity index (χ1v) is 9.70. The zero-order valence-corrected chi connectivity index (χ0v) is 15.8. The van der Waals surface area contributed by atoms with Gasteiger partial charge < -0.3 is 15.0 Å². The highest BCUT2D eigenvalue weighted by atomic mass is 32.2. The highest BCUT2D eigenvalue weighted by Gasteiger charge is 2.12. The van der Waals surface area contributed by atoms with Crippen LogP contribution in [0.1, 0.15) is 17.0 Å². The van der Waals surface area contributed by atoms with E-state index in [9.17, 15) is 0 Å². The molecule has 0 unspecified atom stereocenters. The van der Waals surface area contributed by atoms with Crippen molar-refractivity contribution in [2.45, 2.75) is 30.3 Å². The summed E-state index contributed by atoms with van der Waals surface area (Å²) in [6, 6.07) is 18.6. The summed E-state index contributed by atoms with van der Waals surface area (Å²) in [6.07, 6.45) is 1.69. The number of hydrogen-bond acceptors (Lipinski definition) is 5. The smallest absolute Gasteiger partial charge is 0.191 e. The Balaban J connectivity index is 1.71. The molecule has 5 nitrogen and oxygen atoms in total. The molecule has 6 heteroatoms. The Morgan fingerprint density at radius 2 is 1.81 bits per heavy atom. The van der Waals surface area contributed by atoms with Crippen molar-refractivity contribution in [3.05, 3.63) is 71.5 Å². The Labute approximate surface area is 158 Å². The molecule has 26 heavy (non-hydrogen) atoms.